The molecule has 2 atom stereocenters. The Morgan fingerprint density at radius 1 is 1.45 bits per heavy atom. The van der Waals surface area contributed by atoms with Crippen LogP contribution in [-0.4, -0.2) is 13.0 Å². The van der Waals surface area contributed by atoms with Gasteiger partial charge in [-0.1, -0.05) is 19.8 Å². The molecule has 1 aliphatic rings. The number of hydrogen-bond donors (Lipinski definition) is 2. The highest BCUT2D eigenvalue weighted by atomic mass is 16.5. The average molecular weight is 276 g/mol. The molecule has 1 fully saturated rings. The van der Waals surface area contributed by atoms with Gasteiger partial charge >= 0.3 is 0 Å². The third-order valence-corrected chi connectivity index (χ3v) is 4.03. The van der Waals surface area contributed by atoms with Crippen molar-refractivity contribution >= 4 is 17.3 Å². The number of rotatable bonds is 4. The topological polar surface area (TPSA) is 64.3 Å². The smallest absolute Gasteiger partial charge is 0.224 e. The standard InChI is InChI=1S/C16H24N2O2/c1-11-4-3-5-12(8-11)9-16(19)18-13-6-7-15(20-2)14(17)10-13/h6-7,10-12H,3-5,8-9,17H2,1-2H3,(H,18,19). The molecule has 0 heterocycles. The highest BCUT2D eigenvalue weighted by molar-refractivity contribution is 5.91. The second kappa shape index (κ2) is 6.64. The van der Waals surface area contributed by atoms with Gasteiger partial charge in [0.25, 0.3) is 0 Å². The van der Waals surface area contributed by atoms with E-state index >= 15 is 0 Å². The van der Waals surface area contributed by atoms with Crippen molar-refractivity contribution in [2.24, 2.45) is 11.8 Å². The highest BCUT2D eigenvalue weighted by Gasteiger charge is 2.21. The van der Waals surface area contributed by atoms with Crippen molar-refractivity contribution < 1.29 is 9.53 Å². The molecule has 1 saturated carbocycles. The molecule has 0 saturated heterocycles. The first-order valence-electron chi connectivity index (χ1n) is 7.32. The van der Waals surface area contributed by atoms with Crippen LogP contribution in [0.15, 0.2) is 18.2 Å². The summed E-state index contributed by atoms with van der Waals surface area (Å²) in [7, 11) is 1.58. The number of anilines is 2. The maximum Gasteiger partial charge on any atom is 0.224 e. The van der Waals surface area contributed by atoms with Crippen molar-refractivity contribution in [1.82, 2.24) is 0 Å². The summed E-state index contributed by atoms with van der Waals surface area (Å²) < 4.78 is 5.10. The van der Waals surface area contributed by atoms with E-state index in [0.717, 1.165) is 18.0 Å². The van der Waals surface area contributed by atoms with Gasteiger partial charge in [0.1, 0.15) is 5.75 Å². The van der Waals surface area contributed by atoms with Crippen molar-refractivity contribution in [3.63, 3.8) is 0 Å². The van der Waals surface area contributed by atoms with E-state index in [0.29, 0.717) is 23.8 Å². The van der Waals surface area contributed by atoms with Gasteiger partial charge in [-0.05, 0) is 42.9 Å². The molecule has 4 nitrogen and oxygen atoms in total. The van der Waals surface area contributed by atoms with Gasteiger partial charge in [-0.2, -0.15) is 0 Å². The number of carbonyl (C=O) groups is 1. The molecular weight excluding hydrogens is 252 g/mol. The predicted molar refractivity (Wildman–Crippen MR) is 81.8 cm³/mol. The van der Waals surface area contributed by atoms with Gasteiger partial charge in [-0.15, -0.1) is 0 Å². The first-order chi connectivity index (χ1) is 9.58. The molecule has 2 unspecified atom stereocenters. The Morgan fingerprint density at radius 2 is 2.25 bits per heavy atom. The van der Waals surface area contributed by atoms with E-state index in [-0.39, 0.29) is 5.91 Å². The van der Waals surface area contributed by atoms with Crippen LogP contribution in [-0.2, 0) is 4.79 Å². The van der Waals surface area contributed by atoms with Crippen LogP contribution in [0.2, 0.25) is 0 Å². The van der Waals surface area contributed by atoms with Gasteiger partial charge < -0.3 is 15.8 Å². The third kappa shape index (κ3) is 3.89. The number of nitrogen functional groups attached to an aromatic ring is 1. The zero-order valence-electron chi connectivity index (χ0n) is 12.3. The van der Waals surface area contributed by atoms with E-state index in [9.17, 15) is 4.79 Å². The molecule has 1 aliphatic carbocycles. The minimum absolute atomic E-state index is 0.0775. The molecule has 2 rings (SSSR count). The summed E-state index contributed by atoms with van der Waals surface area (Å²) in [4.78, 5) is 12.1. The molecule has 1 amide bonds. The fourth-order valence-corrected chi connectivity index (χ4v) is 3.03. The normalized spacial score (nSPS) is 22.3. The zero-order chi connectivity index (χ0) is 14.5. The van der Waals surface area contributed by atoms with Crippen molar-refractivity contribution in [3.8, 4) is 5.75 Å². The van der Waals surface area contributed by atoms with E-state index < -0.39 is 0 Å². The lowest BCUT2D eigenvalue weighted by Gasteiger charge is -2.26. The largest absolute Gasteiger partial charge is 0.495 e. The number of benzene rings is 1. The quantitative estimate of drug-likeness (QED) is 0.828. The second-order valence-electron chi connectivity index (χ2n) is 5.85. The van der Waals surface area contributed by atoms with Crippen molar-refractivity contribution in [1.29, 1.82) is 0 Å². The Bertz CT molecular complexity index is 474. The summed E-state index contributed by atoms with van der Waals surface area (Å²) >= 11 is 0. The molecule has 3 N–H and O–H groups in total. The Kier molecular flexibility index (Phi) is 4.88. The number of nitrogens with one attached hydrogen (secondary N) is 1. The molecule has 0 aliphatic heterocycles. The van der Waals surface area contributed by atoms with Crippen LogP contribution in [0.25, 0.3) is 0 Å². The summed E-state index contributed by atoms with van der Waals surface area (Å²) in [6.07, 6.45) is 5.48. The average Bonchev–Trinajstić information content (AvgIpc) is 2.38. The third-order valence-electron chi connectivity index (χ3n) is 4.03. The van der Waals surface area contributed by atoms with Crippen molar-refractivity contribution in [3.05, 3.63) is 18.2 Å². The Labute approximate surface area is 120 Å². The minimum Gasteiger partial charge on any atom is -0.495 e. The van der Waals surface area contributed by atoms with E-state index in [1.54, 1.807) is 19.2 Å². The number of carbonyl (C=O) groups excluding carboxylic acids is 1. The van der Waals surface area contributed by atoms with Crippen LogP contribution in [0.4, 0.5) is 11.4 Å². The van der Waals surface area contributed by atoms with Crippen LogP contribution < -0.4 is 15.8 Å². The number of hydrogen-bond acceptors (Lipinski definition) is 3. The van der Waals surface area contributed by atoms with Gasteiger partial charge in [0, 0.05) is 12.1 Å². The Hall–Kier alpha value is -1.71. The monoisotopic (exact) mass is 276 g/mol. The van der Waals surface area contributed by atoms with Gasteiger partial charge in [-0.3, -0.25) is 4.79 Å². The van der Waals surface area contributed by atoms with Crippen molar-refractivity contribution in [2.75, 3.05) is 18.2 Å². The lowest BCUT2D eigenvalue weighted by Crippen LogP contribution is -2.21. The van der Waals surface area contributed by atoms with E-state index in [1.165, 1.54) is 19.3 Å². The minimum atomic E-state index is 0.0775. The van der Waals surface area contributed by atoms with Gasteiger partial charge in [0.15, 0.2) is 0 Å². The zero-order valence-corrected chi connectivity index (χ0v) is 12.3. The highest BCUT2D eigenvalue weighted by Crippen LogP contribution is 2.31. The van der Waals surface area contributed by atoms with Gasteiger partial charge in [-0.25, -0.2) is 0 Å². The van der Waals surface area contributed by atoms with Gasteiger partial charge in [0.05, 0.1) is 12.8 Å². The van der Waals surface area contributed by atoms with Gasteiger partial charge in [0.2, 0.25) is 5.91 Å². The van der Waals surface area contributed by atoms with E-state index in [1.807, 2.05) is 6.07 Å². The molecule has 0 bridgehead atoms. The molecule has 110 valence electrons. The lowest BCUT2D eigenvalue weighted by atomic mass is 9.81. The van der Waals surface area contributed by atoms with Crippen molar-refractivity contribution in [2.45, 2.75) is 39.0 Å². The number of ether oxygens (including phenoxy) is 1. The number of methoxy groups -OCH3 is 1. The fraction of sp³-hybridized carbons (Fsp3) is 0.562. The second-order valence-corrected chi connectivity index (χ2v) is 5.85. The summed E-state index contributed by atoms with van der Waals surface area (Å²) in [5, 5.41) is 2.92. The Balaban J connectivity index is 1.89. The molecule has 0 radical (unpaired) electrons. The molecule has 0 spiro atoms. The Morgan fingerprint density at radius 3 is 2.90 bits per heavy atom. The molecule has 1 aromatic carbocycles. The summed E-state index contributed by atoms with van der Waals surface area (Å²) in [6.45, 7) is 2.27. The maximum atomic E-state index is 12.1. The first-order valence-corrected chi connectivity index (χ1v) is 7.32. The summed E-state index contributed by atoms with van der Waals surface area (Å²) in [5.74, 6) is 1.98. The molecule has 20 heavy (non-hydrogen) atoms. The maximum absolute atomic E-state index is 12.1. The summed E-state index contributed by atoms with van der Waals surface area (Å²) in [6, 6.07) is 5.32. The van der Waals surface area contributed by atoms with E-state index in [4.69, 9.17) is 10.5 Å². The molecule has 4 heteroatoms. The van der Waals surface area contributed by atoms with Crippen LogP contribution in [0.5, 0.6) is 5.75 Å². The SMILES string of the molecule is COc1ccc(NC(=O)CC2CCCC(C)C2)cc1N. The van der Waals surface area contributed by atoms with E-state index in [2.05, 4.69) is 12.2 Å². The van der Waals surface area contributed by atoms with Crippen LogP contribution >= 0.6 is 0 Å². The lowest BCUT2D eigenvalue weighted by molar-refractivity contribution is -0.117. The first kappa shape index (κ1) is 14.7. The van der Waals surface area contributed by atoms with Crippen LogP contribution in [0.1, 0.15) is 39.0 Å². The van der Waals surface area contributed by atoms with Crippen LogP contribution in [0, 0.1) is 11.8 Å². The number of amides is 1. The molecule has 1 aromatic rings. The molecule has 0 aromatic heterocycles. The fourth-order valence-electron chi connectivity index (χ4n) is 3.03. The predicted octanol–water partition coefficient (Wildman–Crippen LogP) is 3.43. The summed E-state index contributed by atoms with van der Waals surface area (Å²) in [5.41, 5.74) is 7.11. The number of nitrogens with two attached hydrogens (primary N) is 1. The van der Waals surface area contributed by atoms with Crippen LogP contribution in [0.3, 0.4) is 0 Å². The molecular formula is C16H24N2O2.